The van der Waals surface area contributed by atoms with E-state index in [0.29, 0.717) is 22.9 Å². The summed E-state index contributed by atoms with van der Waals surface area (Å²) in [4.78, 5) is 17.1. The van der Waals surface area contributed by atoms with Crippen molar-refractivity contribution < 1.29 is 9.53 Å². The zero-order valence-electron chi connectivity index (χ0n) is 15.8. The molecular weight excluding hydrogens is 342 g/mol. The van der Waals surface area contributed by atoms with Gasteiger partial charge >= 0.3 is 0 Å². The number of pyridine rings is 1. The van der Waals surface area contributed by atoms with E-state index in [1.807, 2.05) is 30.3 Å². The third-order valence-electron chi connectivity index (χ3n) is 4.04. The van der Waals surface area contributed by atoms with Gasteiger partial charge in [0.25, 0.3) is 5.91 Å². The zero-order chi connectivity index (χ0) is 19.4. The topological polar surface area (TPSA) is 91.9 Å². The van der Waals surface area contributed by atoms with E-state index in [1.165, 1.54) is 0 Å². The van der Waals surface area contributed by atoms with E-state index in [9.17, 15) is 4.79 Å². The average Bonchev–Trinajstić information content (AvgIpc) is 3.11. The number of hydrogen-bond acceptors (Lipinski definition) is 5. The van der Waals surface area contributed by atoms with Crippen molar-refractivity contribution in [3.05, 3.63) is 59.9 Å². The lowest BCUT2D eigenvalue weighted by Crippen LogP contribution is -2.15. The largest absolute Gasteiger partial charge is 0.495 e. The number of amides is 1. The Morgan fingerprint density at radius 2 is 1.93 bits per heavy atom. The van der Waals surface area contributed by atoms with Crippen molar-refractivity contribution in [2.75, 3.05) is 17.7 Å². The zero-order valence-corrected chi connectivity index (χ0v) is 15.8. The number of aromatic nitrogens is 3. The molecule has 0 radical (unpaired) electrons. The predicted octanol–water partition coefficient (Wildman–Crippen LogP) is 4.11. The molecule has 3 N–H and O–H groups in total. The van der Waals surface area contributed by atoms with Crippen LogP contribution >= 0.6 is 0 Å². The van der Waals surface area contributed by atoms with Crippen LogP contribution in [0.25, 0.3) is 0 Å². The molecule has 0 spiro atoms. The second-order valence-corrected chi connectivity index (χ2v) is 7.10. The van der Waals surface area contributed by atoms with E-state index in [4.69, 9.17) is 4.74 Å². The van der Waals surface area contributed by atoms with Crippen LogP contribution in [0.5, 0.6) is 5.75 Å². The lowest BCUT2D eigenvalue weighted by molar-refractivity contribution is 0.102. The van der Waals surface area contributed by atoms with Crippen LogP contribution < -0.4 is 15.4 Å². The van der Waals surface area contributed by atoms with Crippen LogP contribution in [-0.2, 0) is 5.41 Å². The fourth-order valence-corrected chi connectivity index (χ4v) is 2.52. The Hall–Kier alpha value is -3.35. The molecule has 0 unspecified atom stereocenters. The first-order valence-corrected chi connectivity index (χ1v) is 8.61. The molecule has 0 aliphatic heterocycles. The van der Waals surface area contributed by atoms with Gasteiger partial charge in [-0.25, -0.2) is 4.98 Å². The molecule has 3 rings (SSSR count). The summed E-state index contributed by atoms with van der Waals surface area (Å²) in [5, 5.41) is 13.1. The molecule has 0 atom stereocenters. The number of nitrogens with zero attached hydrogens (tertiary/aromatic N) is 2. The van der Waals surface area contributed by atoms with Gasteiger partial charge in [-0.1, -0.05) is 32.9 Å². The van der Waals surface area contributed by atoms with Crippen LogP contribution in [0.2, 0.25) is 0 Å². The molecule has 0 aliphatic rings. The quantitative estimate of drug-likeness (QED) is 0.633. The first-order chi connectivity index (χ1) is 12.9. The Bertz CT molecular complexity index is 943. The monoisotopic (exact) mass is 365 g/mol. The number of anilines is 3. The number of carbonyl (C=O) groups excluding carboxylic acids is 1. The normalized spacial score (nSPS) is 11.1. The molecule has 1 amide bonds. The minimum absolute atomic E-state index is 0.0825. The van der Waals surface area contributed by atoms with Crippen molar-refractivity contribution in [3.8, 4) is 5.75 Å². The summed E-state index contributed by atoms with van der Waals surface area (Å²) in [6.45, 7) is 6.22. The maximum absolute atomic E-state index is 12.8. The summed E-state index contributed by atoms with van der Waals surface area (Å²) in [6.07, 6.45) is 1.63. The number of para-hydroxylation sites is 2. The van der Waals surface area contributed by atoms with Crippen molar-refractivity contribution in [2.45, 2.75) is 26.2 Å². The Morgan fingerprint density at radius 3 is 2.63 bits per heavy atom. The van der Waals surface area contributed by atoms with Gasteiger partial charge in [0, 0.05) is 23.4 Å². The third kappa shape index (κ3) is 4.25. The van der Waals surface area contributed by atoms with Crippen LogP contribution in [-0.4, -0.2) is 28.2 Å². The van der Waals surface area contributed by atoms with Crippen molar-refractivity contribution in [3.63, 3.8) is 0 Å². The number of benzene rings is 1. The Labute approximate surface area is 158 Å². The average molecular weight is 365 g/mol. The molecule has 0 fully saturated rings. The number of rotatable bonds is 5. The van der Waals surface area contributed by atoms with Crippen LogP contribution in [0, 0.1) is 0 Å². The minimum atomic E-state index is -0.299. The summed E-state index contributed by atoms with van der Waals surface area (Å²) in [5.74, 6) is 1.27. The molecule has 0 saturated heterocycles. The maximum atomic E-state index is 12.8. The number of nitrogens with one attached hydrogen (secondary N) is 3. The predicted molar refractivity (Wildman–Crippen MR) is 106 cm³/mol. The number of H-pyrrole nitrogens is 1. The van der Waals surface area contributed by atoms with E-state index < -0.39 is 0 Å². The van der Waals surface area contributed by atoms with Crippen LogP contribution in [0.15, 0.2) is 48.7 Å². The summed E-state index contributed by atoms with van der Waals surface area (Å²) < 4.78 is 5.34. The number of aromatic amines is 1. The standard InChI is InChI=1S/C20H23N5O2/c1-20(2,3)16-12-17(25-24-16)23-19(26)13-8-7-11-21-18(13)22-14-9-5-6-10-15(14)27-4/h5-12H,1-4H3,(H,21,22)(H2,23,24,25,26). The van der Waals surface area contributed by atoms with E-state index in [1.54, 1.807) is 25.4 Å². The molecule has 27 heavy (non-hydrogen) atoms. The van der Waals surface area contributed by atoms with Crippen molar-refractivity contribution in [1.29, 1.82) is 0 Å². The highest BCUT2D eigenvalue weighted by molar-refractivity contribution is 6.07. The first-order valence-electron chi connectivity index (χ1n) is 8.61. The molecule has 7 nitrogen and oxygen atoms in total. The Balaban J connectivity index is 1.83. The molecule has 140 valence electrons. The molecule has 2 aromatic heterocycles. The molecule has 1 aromatic carbocycles. The van der Waals surface area contributed by atoms with Gasteiger partial charge in [-0.2, -0.15) is 5.10 Å². The lowest BCUT2D eigenvalue weighted by Gasteiger charge is -2.14. The molecule has 7 heteroatoms. The van der Waals surface area contributed by atoms with E-state index in [0.717, 1.165) is 11.4 Å². The van der Waals surface area contributed by atoms with Gasteiger partial charge in [0.2, 0.25) is 0 Å². The maximum Gasteiger partial charge on any atom is 0.260 e. The van der Waals surface area contributed by atoms with Gasteiger partial charge in [-0.05, 0) is 24.3 Å². The third-order valence-corrected chi connectivity index (χ3v) is 4.04. The second-order valence-electron chi connectivity index (χ2n) is 7.10. The van der Waals surface area contributed by atoms with Gasteiger partial charge in [0.1, 0.15) is 11.6 Å². The van der Waals surface area contributed by atoms with Gasteiger partial charge in [-0.3, -0.25) is 9.89 Å². The van der Waals surface area contributed by atoms with Crippen LogP contribution in [0.3, 0.4) is 0 Å². The van der Waals surface area contributed by atoms with E-state index in [-0.39, 0.29) is 11.3 Å². The fourth-order valence-electron chi connectivity index (χ4n) is 2.52. The molecule has 0 aliphatic carbocycles. The van der Waals surface area contributed by atoms with Crippen molar-refractivity contribution >= 4 is 23.2 Å². The fraction of sp³-hybridized carbons (Fsp3) is 0.250. The highest BCUT2D eigenvalue weighted by Crippen LogP contribution is 2.28. The molecule has 0 saturated carbocycles. The Morgan fingerprint density at radius 1 is 1.15 bits per heavy atom. The summed E-state index contributed by atoms with van der Waals surface area (Å²) in [6, 6.07) is 12.7. The molecular formula is C20H23N5O2. The summed E-state index contributed by atoms with van der Waals surface area (Å²) >= 11 is 0. The van der Waals surface area contributed by atoms with Crippen molar-refractivity contribution in [1.82, 2.24) is 15.2 Å². The number of carbonyl (C=O) groups is 1. The minimum Gasteiger partial charge on any atom is -0.495 e. The van der Waals surface area contributed by atoms with Gasteiger partial charge in [-0.15, -0.1) is 0 Å². The van der Waals surface area contributed by atoms with Gasteiger partial charge in [0.05, 0.1) is 18.4 Å². The molecule has 2 heterocycles. The lowest BCUT2D eigenvalue weighted by atomic mass is 9.92. The van der Waals surface area contributed by atoms with Gasteiger partial charge < -0.3 is 15.4 Å². The Kier molecular flexibility index (Phi) is 5.12. The highest BCUT2D eigenvalue weighted by atomic mass is 16.5. The number of hydrogen-bond donors (Lipinski definition) is 3. The SMILES string of the molecule is COc1ccccc1Nc1ncccc1C(=O)Nc1cc(C(C)(C)C)[nH]n1. The summed E-state index contributed by atoms with van der Waals surface area (Å²) in [5.41, 5.74) is 1.99. The van der Waals surface area contributed by atoms with Crippen molar-refractivity contribution in [2.24, 2.45) is 0 Å². The second kappa shape index (κ2) is 7.49. The molecule has 0 bridgehead atoms. The molecule has 3 aromatic rings. The number of methoxy groups -OCH3 is 1. The van der Waals surface area contributed by atoms with Crippen LogP contribution in [0.1, 0.15) is 36.8 Å². The van der Waals surface area contributed by atoms with E-state index >= 15 is 0 Å². The summed E-state index contributed by atoms with van der Waals surface area (Å²) in [7, 11) is 1.59. The first kappa shape index (κ1) is 18.4. The number of ether oxygens (including phenoxy) is 1. The highest BCUT2D eigenvalue weighted by Gasteiger charge is 2.19. The van der Waals surface area contributed by atoms with E-state index in [2.05, 4.69) is 46.6 Å². The smallest absolute Gasteiger partial charge is 0.260 e. The van der Waals surface area contributed by atoms with Gasteiger partial charge in [0.15, 0.2) is 5.82 Å². The van der Waals surface area contributed by atoms with Crippen LogP contribution in [0.4, 0.5) is 17.3 Å².